The van der Waals surface area contributed by atoms with Gasteiger partial charge >= 0.3 is 0 Å². The first-order valence-electron chi connectivity index (χ1n) is 12.4. The van der Waals surface area contributed by atoms with Crippen molar-refractivity contribution < 1.29 is 9.18 Å². The van der Waals surface area contributed by atoms with Crippen LogP contribution in [-0.4, -0.2) is 47.9 Å². The molecule has 1 amide bonds. The number of piperazine rings is 1. The molecule has 9 heteroatoms. The molecule has 0 unspecified atom stereocenters. The lowest BCUT2D eigenvalue weighted by molar-refractivity contribution is -0.120. The summed E-state index contributed by atoms with van der Waals surface area (Å²) in [7, 11) is 0. The molecule has 1 saturated heterocycles. The lowest BCUT2D eigenvalue weighted by atomic mass is 9.86. The number of nitrogens with one attached hydrogen (secondary N) is 2. The summed E-state index contributed by atoms with van der Waals surface area (Å²) in [6.45, 7) is 9.63. The Bertz CT molecular complexity index is 1280. The SMILES string of the molecule is [C-]#[N+]c1ccc(-c2cc(NC[C@H]3CCC[C@H](N)C3)nn2-c2ccc(N3CCNC(=O)C3)cc2)cc1F. The van der Waals surface area contributed by atoms with Crippen LogP contribution in [0.4, 0.5) is 21.6 Å². The van der Waals surface area contributed by atoms with E-state index in [1.165, 1.54) is 12.1 Å². The second-order valence-electron chi connectivity index (χ2n) is 9.57. The highest BCUT2D eigenvalue weighted by molar-refractivity contribution is 5.82. The van der Waals surface area contributed by atoms with Crippen LogP contribution >= 0.6 is 0 Å². The quantitative estimate of drug-likeness (QED) is 0.456. The highest BCUT2D eigenvalue weighted by atomic mass is 19.1. The molecule has 1 aliphatic carbocycles. The fourth-order valence-electron chi connectivity index (χ4n) is 5.06. The van der Waals surface area contributed by atoms with Gasteiger partial charge in [0.1, 0.15) is 11.6 Å². The molecule has 5 rings (SSSR count). The first-order valence-corrected chi connectivity index (χ1v) is 12.4. The van der Waals surface area contributed by atoms with Crippen LogP contribution in [0.1, 0.15) is 25.7 Å². The van der Waals surface area contributed by atoms with Crippen molar-refractivity contribution in [3.63, 3.8) is 0 Å². The minimum Gasteiger partial charge on any atom is -0.368 e. The molecule has 4 N–H and O–H groups in total. The largest absolute Gasteiger partial charge is 0.368 e. The lowest BCUT2D eigenvalue weighted by Gasteiger charge is -2.28. The number of anilines is 2. The lowest BCUT2D eigenvalue weighted by Crippen LogP contribution is -2.47. The van der Waals surface area contributed by atoms with Gasteiger partial charge in [-0.1, -0.05) is 18.6 Å². The van der Waals surface area contributed by atoms with Crippen LogP contribution in [0, 0.1) is 18.3 Å². The van der Waals surface area contributed by atoms with E-state index < -0.39 is 5.82 Å². The van der Waals surface area contributed by atoms with Gasteiger partial charge in [-0.2, -0.15) is 0 Å². The number of amides is 1. The van der Waals surface area contributed by atoms with Crippen molar-refractivity contribution in [1.82, 2.24) is 15.1 Å². The van der Waals surface area contributed by atoms with E-state index in [1.807, 2.05) is 35.2 Å². The Balaban J connectivity index is 1.44. The summed E-state index contributed by atoms with van der Waals surface area (Å²) in [4.78, 5) is 17.0. The zero-order valence-corrected chi connectivity index (χ0v) is 20.1. The molecule has 2 aromatic carbocycles. The van der Waals surface area contributed by atoms with Crippen LogP contribution in [0.25, 0.3) is 21.8 Å². The molecule has 1 aromatic heterocycles. The molecule has 3 aromatic rings. The number of aromatic nitrogens is 2. The van der Waals surface area contributed by atoms with Gasteiger partial charge < -0.3 is 21.3 Å². The fourth-order valence-corrected chi connectivity index (χ4v) is 5.06. The normalized spacial score (nSPS) is 20.0. The molecule has 0 spiro atoms. The van der Waals surface area contributed by atoms with Gasteiger partial charge in [0.25, 0.3) is 0 Å². The highest BCUT2D eigenvalue weighted by Crippen LogP contribution is 2.31. The van der Waals surface area contributed by atoms with Crippen molar-refractivity contribution in [1.29, 1.82) is 0 Å². The number of benzene rings is 2. The van der Waals surface area contributed by atoms with Crippen molar-refractivity contribution in [2.24, 2.45) is 11.7 Å². The predicted molar refractivity (Wildman–Crippen MR) is 139 cm³/mol. The van der Waals surface area contributed by atoms with E-state index in [-0.39, 0.29) is 17.6 Å². The van der Waals surface area contributed by atoms with Gasteiger partial charge in [-0.05, 0) is 55.5 Å². The van der Waals surface area contributed by atoms with Gasteiger partial charge in [-0.25, -0.2) is 13.9 Å². The topological polar surface area (TPSA) is 92.6 Å². The van der Waals surface area contributed by atoms with Crippen molar-refractivity contribution in [2.45, 2.75) is 31.7 Å². The fraction of sp³-hybridized carbons (Fsp3) is 0.370. The van der Waals surface area contributed by atoms with E-state index in [0.29, 0.717) is 30.4 Å². The molecule has 8 nitrogen and oxygen atoms in total. The third-order valence-electron chi connectivity index (χ3n) is 6.97. The molecule has 0 bridgehead atoms. The van der Waals surface area contributed by atoms with Gasteiger partial charge in [0, 0.05) is 43.0 Å². The average Bonchev–Trinajstić information content (AvgIpc) is 3.32. The van der Waals surface area contributed by atoms with E-state index in [2.05, 4.69) is 15.5 Å². The molecule has 2 heterocycles. The Morgan fingerprint density at radius 1 is 1.17 bits per heavy atom. The maximum atomic E-state index is 14.5. The minimum atomic E-state index is -0.556. The van der Waals surface area contributed by atoms with Gasteiger partial charge in [0.05, 0.1) is 24.5 Å². The van der Waals surface area contributed by atoms with Crippen molar-refractivity contribution in [3.05, 3.63) is 65.8 Å². The molecule has 2 fully saturated rings. The van der Waals surface area contributed by atoms with E-state index >= 15 is 0 Å². The number of halogens is 1. The summed E-state index contributed by atoms with van der Waals surface area (Å²) in [6, 6.07) is 14.6. The number of hydrogen-bond acceptors (Lipinski definition) is 5. The third-order valence-corrected chi connectivity index (χ3v) is 6.97. The molecule has 1 aliphatic heterocycles. The van der Waals surface area contributed by atoms with Crippen molar-refractivity contribution in [2.75, 3.05) is 36.4 Å². The van der Waals surface area contributed by atoms with Gasteiger partial charge in [0.15, 0.2) is 0 Å². The van der Waals surface area contributed by atoms with Crippen LogP contribution in [0.15, 0.2) is 48.5 Å². The summed E-state index contributed by atoms with van der Waals surface area (Å²) < 4.78 is 16.3. The number of carbonyl (C=O) groups is 1. The number of hydrogen-bond donors (Lipinski definition) is 3. The number of rotatable bonds is 6. The Kier molecular flexibility index (Phi) is 6.87. The summed E-state index contributed by atoms with van der Waals surface area (Å²) in [5.74, 6) is 0.660. The van der Waals surface area contributed by atoms with Crippen LogP contribution in [-0.2, 0) is 4.79 Å². The zero-order chi connectivity index (χ0) is 25.1. The van der Waals surface area contributed by atoms with Crippen molar-refractivity contribution >= 4 is 23.1 Å². The molecule has 0 radical (unpaired) electrons. The van der Waals surface area contributed by atoms with Crippen LogP contribution < -0.4 is 21.3 Å². The van der Waals surface area contributed by atoms with Gasteiger partial charge in [-0.3, -0.25) is 4.79 Å². The van der Waals surface area contributed by atoms with Crippen molar-refractivity contribution in [3.8, 4) is 16.9 Å². The van der Waals surface area contributed by atoms with Crippen LogP contribution in [0.2, 0.25) is 0 Å². The Morgan fingerprint density at radius 2 is 1.97 bits per heavy atom. The smallest absolute Gasteiger partial charge is 0.239 e. The second-order valence-corrected chi connectivity index (χ2v) is 9.57. The first kappa shape index (κ1) is 23.8. The maximum Gasteiger partial charge on any atom is 0.239 e. The summed E-state index contributed by atoms with van der Waals surface area (Å²) in [5, 5.41) is 11.1. The number of nitrogens with zero attached hydrogens (tertiary/aromatic N) is 4. The molecule has 1 saturated carbocycles. The number of nitrogens with two attached hydrogens (primary N) is 1. The highest BCUT2D eigenvalue weighted by Gasteiger charge is 2.21. The Hall–Kier alpha value is -3.90. The maximum absolute atomic E-state index is 14.5. The van der Waals surface area contributed by atoms with E-state index in [0.717, 1.165) is 55.8 Å². The predicted octanol–water partition coefficient (Wildman–Crippen LogP) is 4.09. The standard InChI is InChI=1S/C27H30FN7O/c1-30-24-10-5-19(14-23(24)28)25-15-26(32-16-18-3-2-4-20(29)13-18)33-35(25)22-8-6-21(7-9-22)34-12-11-31-27(36)17-34/h5-10,14-15,18,20H,2-4,11-13,16-17,29H2,(H,31,36)(H,32,33)/t18-,20-/m0/s1. The summed E-state index contributed by atoms with van der Waals surface area (Å²) in [6.07, 6.45) is 4.37. The summed E-state index contributed by atoms with van der Waals surface area (Å²) in [5.41, 5.74) is 9.28. The molecule has 36 heavy (non-hydrogen) atoms. The Morgan fingerprint density at radius 3 is 2.69 bits per heavy atom. The van der Waals surface area contributed by atoms with E-state index in [9.17, 15) is 9.18 Å². The van der Waals surface area contributed by atoms with Crippen LogP contribution in [0.3, 0.4) is 0 Å². The third kappa shape index (κ3) is 5.19. The van der Waals surface area contributed by atoms with Gasteiger partial charge in [0.2, 0.25) is 11.6 Å². The van der Waals surface area contributed by atoms with Crippen LogP contribution in [0.5, 0.6) is 0 Å². The molecular formula is C27H30FN7O. The van der Waals surface area contributed by atoms with Gasteiger partial charge in [-0.15, -0.1) is 5.10 Å². The first-order chi connectivity index (χ1) is 17.5. The van der Waals surface area contributed by atoms with E-state index in [4.69, 9.17) is 17.4 Å². The molecular weight excluding hydrogens is 457 g/mol. The number of carbonyl (C=O) groups excluding carboxylic acids is 1. The van der Waals surface area contributed by atoms with E-state index in [1.54, 1.807) is 10.7 Å². The monoisotopic (exact) mass is 487 g/mol. The summed E-state index contributed by atoms with van der Waals surface area (Å²) >= 11 is 0. The minimum absolute atomic E-state index is 0.00766. The molecule has 2 aliphatic rings. The molecule has 186 valence electrons. The molecule has 2 atom stereocenters. The average molecular weight is 488 g/mol. The zero-order valence-electron chi connectivity index (χ0n) is 20.1. The second kappa shape index (κ2) is 10.4. The Labute approximate surface area is 210 Å².